The molecule has 0 aromatic rings. The van der Waals surface area contributed by atoms with Gasteiger partial charge in [0.2, 0.25) is 0 Å². The van der Waals surface area contributed by atoms with Crippen molar-refractivity contribution in [1.82, 2.24) is 0 Å². The van der Waals surface area contributed by atoms with Gasteiger partial charge < -0.3 is 0 Å². The highest BCUT2D eigenvalue weighted by Gasteiger charge is 1.95. The molecule has 1 aliphatic rings. The maximum atomic E-state index is 4.03. The van der Waals surface area contributed by atoms with Gasteiger partial charge in [0, 0.05) is 0 Å². The Bertz CT molecular complexity index is 122. The first kappa shape index (κ1) is 8.83. The first-order valence-corrected chi connectivity index (χ1v) is 4.90. The van der Waals surface area contributed by atoms with Gasteiger partial charge in [-0.25, -0.2) is 0 Å². The molecule has 11 heavy (non-hydrogen) atoms. The second kappa shape index (κ2) is 5.40. The van der Waals surface area contributed by atoms with E-state index in [2.05, 4.69) is 13.0 Å². The molecule has 63 valence electrons. The zero-order valence-electron chi connectivity index (χ0n) is 7.44. The molecule has 0 amide bonds. The van der Waals surface area contributed by atoms with E-state index in [1.807, 2.05) is 0 Å². The fourth-order valence-electron chi connectivity index (χ4n) is 1.61. The van der Waals surface area contributed by atoms with Crippen LogP contribution >= 0.6 is 0 Å². The van der Waals surface area contributed by atoms with Gasteiger partial charge in [-0.3, -0.25) is 0 Å². The predicted octanol–water partition coefficient (Wildman–Crippen LogP) is 3.88. The van der Waals surface area contributed by atoms with E-state index in [0.29, 0.717) is 0 Å². The minimum absolute atomic E-state index is 1.24. The summed E-state index contributed by atoms with van der Waals surface area (Å²) in [6.07, 6.45) is 13.3. The molecule has 0 spiro atoms. The molecular weight excluding hydrogens is 132 g/mol. The molecule has 0 saturated heterocycles. The Labute approximate surface area is 70.7 Å². The van der Waals surface area contributed by atoms with Gasteiger partial charge in [-0.05, 0) is 32.6 Å². The summed E-state index contributed by atoms with van der Waals surface area (Å²) in [6.45, 7) is 4.03. The molecule has 0 aromatic carbocycles. The minimum atomic E-state index is 1.24. The molecule has 0 unspecified atom stereocenters. The van der Waals surface area contributed by atoms with E-state index in [9.17, 15) is 0 Å². The number of hydrogen-bond donors (Lipinski definition) is 0. The standard InChI is InChI=1S/C11H19/c1-11-9-7-5-3-2-4-6-8-10-11/h9H,1-8,10H2/b11-9-. The van der Waals surface area contributed by atoms with Gasteiger partial charge in [0.1, 0.15) is 0 Å². The van der Waals surface area contributed by atoms with E-state index in [1.165, 1.54) is 56.9 Å². The number of allylic oxidation sites excluding steroid dienone is 2. The average Bonchev–Trinajstić information content (AvgIpc) is 2.03. The first-order valence-electron chi connectivity index (χ1n) is 4.90. The van der Waals surface area contributed by atoms with E-state index < -0.39 is 0 Å². The smallest absolute Gasteiger partial charge is 0.0283 e. The van der Waals surface area contributed by atoms with Crippen LogP contribution in [0.15, 0.2) is 11.6 Å². The molecule has 0 bridgehead atoms. The lowest BCUT2D eigenvalue weighted by molar-refractivity contribution is 0.588. The molecule has 1 radical (unpaired) electrons. The van der Waals surface area contributed by atoms with Crippen molar-refractivity contribution in [3.63, 3.8) is 0 Å². The highest BCUT2D eigenvalue weighted by atomic mass is 14.0. The second-order valence-corrected chi connectivity index (χ2v) is 3.52. The maximum absolute atomic E-state index is 4.03. The van der Waals surface area contributed by atoms with Crippen molar-refractivity contribution in [1.29, 1.82) is 0 Å². The van der Waals surface area contributed by atoms with Crippen molar-refractivity contribution in [2.24, 2.45) is 0 Å². The summed E-state index contributed by atoms with van der Waals surface area (Å²) in [6, 6.07) is 0. The van der Waals surface area contributed by atoms with Crippen LogP contribution in [0.4, 0.5) is 0 Å². The van der Waals surface area contributed by atoms with E-state index in [1.54, 1.807) is 0 Å². The molecule has 0 heterocycles. The summed E-state index contributed by atoms with van der Waals surface area (Å²) >= 11 is 0. The minimum Gasteiger partial charge on any atom is -0.0853 e. The van der Waals surface area contributed by atoms with Crippen LogP contribution in [-0.4, -0.2) is 0 Å². The Hall–Kier alpha value is -0.260. The van der Waals surface area contributed by atoms with Crippen molar-refractivity contribution in [3.05, 3.63) is 18.6 Å². The zero-order chi connectivity index (χ0) is 7.94. The molecule has 0 atom stereocenters. The van der Waals surface area contributed by atoms with Gasteiger partial charge in [-0.15, -0.1) is 0 Å². The predicted molar refractivity (Wildman–Crippen MR) is 50.4 cm³/mol. The molecular formula is C11H19. The van der Waals surface area contributed by atoms with Gasteiger partial charge in [0.25, 0.3) is 0 Å². The summed E-state index contributed by atoms with van der Waals surface area (Å²) in [5, 5.41) is 0. The molecule has 0 aromatic heterocycles. The van der Waals surface area contributed by atoms with E-state index in [4.69, 9.17) is 0 Å². The fraction of sp³-hybridized carbons (Fsp3) is 0.727. The second-order valence-electron chi connectivity index (χ2n) is 3.52. The molecule has 0 fully saturated rings. The quantitative estimate of drug-likeness (QED) is 0.493. The number of hydrogen-bond acceptors (Lipinski definition) is 0. The summed E-state index contributed by atoms with van der Waals surface area (Å²) in [5.41, 5.74) is 1.37. The van der Waals surface area contributed by atoms with Crippen LogP contribution < -0.4 is 0 Å². The summed E-state index contributed by atoms with van der Waals surface area (Å²) in [4.78, 5) is 0. The molecule has 0 heteroatoms. The topological polar surface area (TPSA) is 0 Å². The lowest BCUT2D eigenvalue weighted by Crippen LogP contribution is -1.85. The average molecular weight is 151 g/mol. The van der Waals surface area contributed by atoms with Crippen LogP contribution in [0, 0.1) is 6.92 Å². The Balaban J connectivity index is 2.27. The van der Waals surface area contributed by atoms with Crippen LogP contribution in [0.5, 0.6) is 0 Å². The Kier molecular flexibility index (Phi) is 4.33. The van der Waals surface area contributed by atoms with Gasteiger partial charge >= 0.3 is 0 Å². The van der Waals surface area contributed by atoms with Crippen LogP contribution in [0.1, 0.15) is 51.4 Å². The normalized spacial score (nSPS) is 27.2. The summed E-state index contributed by atoms with van der Waals surface area (Å²) in [7, 11) is 0. The van der Waals surface area contributed by atoms with Crippen molar-refractivity contribution in [3.8, 4) is 0 Å². The highest BCUT2D eigenvalue weighted by Crippen LogP contribution is 2.15. The van der Waals surface area contributed by atoms with Gasteiger partial charge in [0.15, 0.2) is 0 Å². The molecule has 0 saturated carbocycles. The van der Waals surface area contributed by atoms with E-state index in [-0.39, 0.29) is 0 Å². The largest absolute Gasteiger partial charge is 0.0853 e. The van der Waals surface area contributed by atoms with Crippen LogP contribution in [0.2, 0.25) is 0 Å². The molecule has 0 N–H and O–H groups in total. The van der Waals surface area contributed by atoms with Crippen molar-refractivity contribution in [2.45, 2.75) is 51.4 Å². The van der Waals surface area contributed by atoms with Crippen molar-refractivity contribution >= 4 is 0 Å². The van der Waals surface area contributed by atoms with Crippen LogP contribution in [0.3, 0.4) is 0 Å². The van der Waals surface area contributed by atoms with Crippen LogP contribution in [0.25, 0.3) is 0 Å². The summed E-state index contributed by atoms with van der Waals surface area (Å²) < 4.78 is 0. The van der Waals surface area contributed by atoms with Gasteiger partial charge in [-0.2, -0.15) is 0 Å². The first-order chi connectivity index (χ1) is 5.39. The Morgan fingerprint density at radius 3 is 2.36 bits per heavy atom. The third-order valence-corrected chi connectivity index (χ3v) is 2.39. The molecule has 0 nitrogen and oxygen atoms in total. The van der Waals surface area contributed by atoms with Crippen molar-refractivity contribution in [2.75, 3.05) is 0 Å². The lowest BCUT2D eigenvalue weighted by atomic mass is 10.0. The van der Waals surface area contributed by atoms with Crippen LogP contribution in [-0.2, 0) is 0 Å². The number of rotatable bonds is 0. The lowest BCUT2D eigenvalue weighted by Gasteiger charge is -2.05. The third kappa shape index (κ3) is 4.23. The monoisotopic (exact) mass is 151 g/mol. The molecule has 1 rings (SSSR count). The van der Waals surface area contributed by atoms with Gasteiger partial charge in [-0.1, -0.05) is 37.3 Å². The Morgan fingerprint density at radius 2 is 1.55 bits per heavy atom. The third-order valence-electron chi connectivity index (χ3n) is 2.39. The maximum Gasteiger partial charge on any atom is -0.0283 e. The SMILES string of the molecule is [CH2]/C1=C/CCCCCCCC1. The molecule has 0 aliphatic heterocycles. The molecule has 1 aliphatic carbocycles. The summed E-state index contributed by atoms with van der Waals surface area (Å²) in [5.74, 6) is 0. The fourth-order valence-corrected chi connectivity index (χ4v) is 1.61. The van der Waals surface area contributed by atoms with E-state index >= 15 is 0 Å². The zero-order valence-corrected chi connectivity index (χ0v) is 7.44. The van der Waals surface area contributed by atoms with Crippen molar-refractivity contribution < 1.29 is 0 Å². The Morgan fingerprint density at radius 1 is 0.909 bits per heavy atom. The van der Waals surface area contributed by atoms with Gasteiger partial charge in [0.05, 0.1) is 0 Å². The highest BCUT2D eigenvalue weighted by molar-refractivity contribution is 5.04. The van der Waals surface area contributed by atoms with E-state index in [0.717, 1.165) is 0 Å².